The largest absolute Gasteiger partial charge is 0.344 e. The van der Waals surface area contributed by atoms with E-state index in [1.165, 1.54) is 16.8 Å². The summed E-state index contributed by atoms with van der Waals surface area (Å²) in [6.07, 6.45) is 5.43. The standard InChI is InChI=1S/C12H12N2/c1-8-13-10-6-2-4-9-5-3-7-11(14-8)12(9)10/h2-6,11H,7H2,1H3,(H,13,14). The highest BCUT2D eigenvalue weighted by Gasteiger charge is 2.23. The maximum absolute atomic E-state index is 4.61. The number of benzene rings is 1. The first-order valence-electron chi connectivity index (χ1n) is 4.95. The van der Waals surface area contributed by atoms with Gasteiger partial charge in [0.15, 0.2) is 0 Å². The Morgan fingerprint density at radius 3 is 3.29 bits per heavy atom. The molecule has 1 unspecified atom stereocenters. The van der Waals surface area contributed by atoms with Crippen LogP contribution < -0.4 is 5.32 Å². The Morgan fingerprint density at radius 2 is 2.36 bits per heavy atom. The smallest absolute Gasteiger partial charge is 0.0983 e. The van der Waals surface area contributed by atoms with Gasteiger partial charge >= 0.3 is 0 Å². The monoisotopic (exact) mass is 184 g/mol. The molecule has 14 heavy (non-hydrogen) atoms. The first kappa shape index (κ1) is 7.80. The van der Waals surface area contributed by atoms with E-state index in [2.05, 4.69) is 40.7 Å². The molecular formula is C12H12N2. The summed E-state index contributed by atoms with van der Waals surface area (Å²) >= 11 is 0. The third-order valence-corrected chi connectivity index (χ3v) is 2.79. The molecule has 0 spiro atoms. The van der Waals surface area contributed by atoms with Gasteiger partial charge in [-0.15, -0.1) is 0 Å². The molecule has 1 N–H and O–H groups in total. The Morgan fingerprint density at radius 1 is 1.43 bits per heavy atom. The summed E-state index contributed by atoms with van der Waals surface area (Å²) in [6, 6.07) is 6.71. The van der Waals surface area contributed by atoms with E-state index in [1.54, 1.807) is 0 Å². The van der Waals surface area contributed by atoms with E-state index in [9.17, 15) is 0 Å². The molecule has 0 saturated heterocycles. The number of anilines is 1. The summed E-state index contributed by atoms with van der Waals surface area (Å²) in [5.74, 6) is 1.02. The molecule has 2 aliphatic rings. The summed E-state index contributed by atoms with van der Waals surface area (Å²) < 4.78 is 0. The van der Waals surface area contributed by atoms with Gasteiger partial charge in [-0.1, -0.05) is 24.3 Å². The molecule has 1 aromatic rings. The average Bonchev–Trinajstić information content (AvgIpc) is 2.18. The third kappa shape index (κ3) is 1.00. The van der Waals surface area contributed by atoms with E-state index in [0.29, 0.717) is 6.04 Å². The number of aliphatic imine (C=N–C) groups is 1. The van der Waals surface area contributed by atoms with Gasteiger partial charge in [-0.3, -0.25) is 4.99 Å². The Hall–Kier alpha value is -1.57. The summed E-state index contributed by atoms with van der Waals surface area (Å²) in [6.45, 7) is 2.02. The van der Waals surface area contributed by atoms with E-state index >= 15 is 0 Å². The quantitative estimate of drug-likeness (QED) is 0.658. The summed E-state index contributed by atoms with van der Waals surface area (Å²) in [7, 11) is 0. The zero-order valence-corrected chi connectivity index (χ0v) is 8.12. The van der Waals surface area contributed by atoms with Crippen LogP contribution in [0.25, 0.3) is 6.08 Å². The van der Waals surface area contributed by atoms with Gasteiger partial charge in [0, 0.05) is 11.3 Å². The van der Waals surface area contributed by atoms with E-state index in [0.717, 1.165) is 12.3 Å². The number of rotatable bonds is 0. The van der Waals surface area contributed by atoms with Crippen LogP contribution in [0, 0.1) is 0 Å². The number of amidine groups is 1. The van der Waals surface area contributed by atoms with Crippen molar-refractivity contribution in [2.45, 2.75) is 19.4 Å². The Bertz CT molecular complexity index is 444. The second kappa shape index (κ2) is 2.71. The van der Waals surface area contributed by atoms with Gasteiger partial charge < -0.3 is 5.32 Å². The Balaban J connectivity index is 2.25. The molecule has 2 heteroatoms. The molecule has 3 rings (SSSR count). The molecule has 0 bridgehead atoms. The highest BCUT2D eigenvalue weighted by atomic mass is 15.0. The fourth-order valence-corrected chi connectivity index (χ4v) is 2.23. The Kier molecular flexibility index (Phi) is 1.51. The van der Waals surface area contributed by atoms with Gasteiger partial charge in [-0.2, -0.15) is 0 Å². The van der Waals surface area contributed by atoms with Crippen molar-refractivity contribution >= 4 is 17.6 Å². The van der Waals surface area contributed by atoms with Crippen LogP contribution >= 0.6 is 0 Å². The van der Waals surface area contributed by atoms with Gasteiger partial charge in [-0.25, -0.2) is 0 Å². The fourth-order valence-electron chi connectivity index (χ4n) is 2.23. The summed E-state index contributed by atoms with van der Waals surface area (Å²) in [4.78, 5) is 4.61. The van der Waals surface area contributed by atoms with Crippen molar-refractivity contribution in [1.29, 1.82) is 0 Å². The van der Waals surface area contributed by atoms with Gasteiger partial charge in [0.2, 0.25) is 0 Å². The molecular weight excluding hydrogens is 172 g/mol. The van der Waals surface area contributed by atoms with Crippen molar-refractivity contribution < 1.29 is 0 Å². The van der Waals surface area contributed by atoms with E-state index in [-0.39, 0.29) is 0 Å². The first-order chi connectivity index (χ1) is 6.84. The van der Waals surface area contributed by atoms with Gasteiger partial charge in [0.1, 0.15) is 0 Å². The minimum Gasteiger partial charge on any atom is -0.344 e. The molecule has 0 aromatic heterocycles. The zero-order valence-electron chi connectivity index (χ0n) is 8.12. The molecule has 2 nitrogen and oxygen atoms in total. The van der Waals surface area contributed by atoms with E-state index in [1.807, 2.05) is 6.92 Å². The number of hydrogen-bond donors (Lipinski definition) is 1. The van der Waals surface area contributed by atoms with Crippen molar-refractivity contribution in [3.8, 4) is 0 Å². The van der Waals surface area contributed by atoms with Crippen LogP contribution in [0.1, 0.15) is 30.5 Å². The lowest BCUT2D eigenvalue weighted by atomic mass is 9.90. The lowest BCUT2D eigenvalue weighted by Crippen LogP contribution is -2.19. The van der Waals surface area contributed by atoms with Crippen LogP contribution in [-0.4, -0.2) is 5.84 Å². The highest BCUT2D eigenvalue weighted by molar-refractivity contribution is 5.97. The Labute approximate surface area is 83.4 Å². The van der Waals surface area contributed by atoms with Gasteiger partial charge in [0.05, 0.1) is 11.9 Å². The van der Waals surface area contributed by atoms with Crippen molar-refractivity contribution in [2.24, 2.45) is 4.99 Å². The fraction of sp³-hybridized carbons (Fsp3) is 0.250. The second-order valence-corrected chi connectivity index (χ2v) is 3.80. The number of nitrogens with one attached hydrogen (secondary N) is 1. The normalized spacial score (nSPS) is 22.4. The molecule has 0 fully saturated rings. The summed E-state index contributed by atoms with van der Waals surface area (Å²) in [5.41, 5.74) is 3.90. The molecule has 1 aliphatic carbocycles. The summed E-state index contributed by atoms with van der Waals surface area (Å²) in [5, 5.41) is 3.31. The second-order valence-electron chi connectivity index (χ2n) is 3.80. The maximum Gasteiger partial charge on any atom is 0.0983 e. The molecule has 0 amide bonds. The minimum atomic E-state index is 0.340. The van der Waals surface area contributed by atoms with E-state index in [4.69, 9.17) is 0 Å². The molecule has 1 atom stereocenters. The van der Waals surface area contributed by atoms with Crippen molar-refractivity contribution in [3.63, 3.8) is 0 Å². The predicted molar refractivity (Wildman–Crippen MR) is 59.6 cm³/mol. The molecule has 1 heterocycles. The van der Waals surface area contributed by atoms with Crippen LogP contribution in [-0.2, 0) is 0 Å². The van der Waals surface area contributed by atoms with Crippen molar-refractivity contribution in [3.05, 3.63) is 35.4 Å². The zero-order chi connectivity index (χ0) is 9.54. The maximum atomic E-state index is 4.61. The molecule has 1 aliphatic heterocycles. The van der Waals surface area contributed by atoms with Gasteiger partial charge in [-0.05, 0) is 25.0 Å². The topological polar surface area (TPSA) is 24.4 Å². The van der Waals surface area contributed by atoms with Crippen LogP contribution in [0.4, 0.5) is 5.69 Å². The lowest BCUT2D eigenvalue weighted by molar-refractivity contribution is 0.729. The molecule has 1 aromatic carbocycles. The molecule has 0 radical (unpaired) electrons. The van der Waals surface area contributed by atoms with Crippen LogP contribution in [0.2, 0.25) is 0 Å². The molecule has 70 valence electrons. The van der Waals surface area contributed by atoms with Crippen LogP contribution in [0.3, 0.4) is 0 Å². The predicted octanol–water partition coefficient (Wildman–Crippen LogP) is 2.99. The van der Waals surface area contributed by atoms with E-state index < -0.39 is 0 Å². The number of hydrogen-bond acceptors (Lipinski definition) is 2. The van der Waals surface area contributed by atoms with Crippen LogP contribution in [0.15, 0.2) is 29.3 Å². The minimum absolute atomic E-state index is 0.340. The van der Waals surface area contributed by atoms with Crippen molar-refractivity contribution in [1.82, 2.24) is 0 Å². The average molecular weight is 184 g/mol. The van der Waals surface area contributed by atoms with Crippen LogP contribution in [0.5, 0.6) is 0 Å². The highest BCUT2D eigenvalue weighted by Crippen LogP contribution is 2.38. The third-order valence-electron chi connectivity index (χ3n) is 2.79. The molecule has 0 saturated carbocycles. The SMILES string of the molecule is CC1=NC2CC=Cc3cccc(c32)N1. The van der Waals surface area contributed by atoms with Crippen molar-refractivity contribution in [2.75, 3.05) is 5.32 Å². The first-order valence-corrected chi connectivity index (χ1v) is 4.95. The lowest BCUT2D eigenvalue weighted by Gasteiger charge is -2.27. The van der Waals surface area contributed by atoms with Gasteiger partial charge in [0.25, 0.3) is 0 Å². The number of nitrogens with zero attached hydrogens (tertiary/aromatic N) is 1.